The maximum absolute atomic E-state index is 13.4. The number of unbranched alkanes of at least 4 members (excludes halogenated alkanes) is 2. The summed E-state index contributed by atoms with van der Waals surface area (Å²) in [4.78, 5) is 54.3. The predicted octanol–water partition coefficient (Wildman–Crippen LogP) is 6.24. The molecular formula is C28H26N2O6S4. The van der Waals surface area contributed by atoms with Gasteiger partial charge in [0, 0.05) is 0 Å². The molecule has 0 aliphatic carbocycles. The van der Waals surface area contributed by atoms with Gasteiger partial charge in [0.05, 0.1) is 45.5 Å². The van der Waals surface area contributed by atoms with Gasteiger partial charge in [-0.3, -0.25) is 19.4 Å². The minimum atomic E-state index is -0.445. The van der Waals surface area contributed by atoms with Crippen molar-refractivity contribution in [3.05, 3.63) is 69.5 Å². The Morgan fingerprint density at radius 2 is 1.02 bits per heavy atom. The molecule has 0 atom stereocenters. The minimum absolute atomic E-state index is 0.184. The lowest BCUT2D eigenvalue weighted by atomic mass is 10.2. The fraction of sp³-hybridized carbons (Fsp3) is 0.286. The molecule has 2 aliphatic heterocycles. The van der Waals surface area contributed by atoms with E-state index in [1.165, 1.54) is 9.80 Å². The fourth-order valence-corrected chi connectivity index (χ4v) is 6.48. The summed E-state index contributed by atoms with van der Waals surface area (Å²) in [6.45, 7) is 4.71. The van der Waals surface area contributed by atoms with Crippen LogP contribution in [0.2, 0.25) is 0 Å². The first-order valence-corrected chi connectivity index (χ1v) is 15.1. The highest BCUT2D eigenvalue weighted by Crippen LogP contribution is 2.44. The maximum Gasteiger partial charge on any atom is 0.338 e. The van der Waals surface area contributed by atoms with Crippen LogP contribution in [-0.4, -0.2) is 45.6 Å². The second-order valence-electron chi connectivity index (χ2n) is 8.75. The van der Waals surface area contributed by atoms with Gasteiger partial charge < -0.3 is 9.47 Å². The second-order valence-corrected chi connectivity index (χ2v) is 12.0. The molecule has 0 N–H and O–H groups in total. The number of esters is 2. The van der Waals surface area contributed by atoms with Crippen LogP contribution >= 0.6 is 48.0 Å². The molecule has 0 aromatic heterocycles. The highest BCUT2D eigenvalue weighted by atomic mass is 32.2. The third-order valence-corrected chi connectivity index (χ3v) is 8.80. The summed E-state index contributed by atoms with van der Waals surface area (Å²) >= 11 is 13.0. The van der Waals surface area contributed by atoms with E-state index in [1.807, 2.05) is 13.8 Å². The van der Waals surface area contributed by atoms with E-state index in [1.54, 1.807) is 48.5 Å². The van der Waals surface area contributed by atoms with Gasteiger partial charge in [-0.05, 0) is 61.4 Å². The number of anilines is 2. The Bertz CT molecular complexity index is 1280. The van der Waals surface area contributed by atoms with Gasteiger partial charge in [0.2, 0.25) is 0 Å². The number of benzene rings is 2. The smallest absolute Gasteiger partial charge is 0.338 e. The summed E-state index contributed by atoms with van der Waals surface area (Å²) < 4.78 is 11.0. The minimum Gasteiger partial charge on any atom is -0.462 e. The number of thiocarbonyl (C=S) groups is 2. The van der Waals surface area contributed by atoms with Gasteiger partial charge in [0.1, 0.15) is 0 Å². The second kappa shape index (κ2) is 13.5. The van der Waals surface area contributed by atoms with Crippen molar-refractivity contribution < 1.29 is 28.7 Å². The molecular weight excluding hydrogens is 589 g/mol. The molecule has 0 radical (unpaired) electrons. The first-order chi connectivity index (χ1) is 19.3. The van der Waals surface area contributed by atoms with Crippen molar-refractivity contribution in [3.63, 3.8) is 0 Å². The summed E-state index contributed by atoms with van der Waals surface area (Å²) in [6, 6.07) is 12.8. The highest BCUT2D eigenvalue weighted by molar-refractivity contribution is 8.30. The summed E-state index contributed by atoms with van der Waals surface area (Å²) in [5.74, 6) is -1.76. The van der Waals surface area contributed by atoms with E-state index in [4.69, 9.17) is 33.9 Å². The number of rotatable bonds is 10. The molecule has 40 heavy (non-hydrogen) atoms. The van der Waals surface area contributed by atoms with E-state index < -0.39 is 23.8 Å². The van der Waals surface area contributed by atoms with Gasteiger partial charge >= 0.3 is 11.9 Å². The molecule has 8 nitrogen and oxygen atoms in total. The Morgan fingerprint density at radius 1 is 0.675 bits per heavy atom. The summed E-state index contributed by atoms with van der Waals surface area (Å²) in [7, 11) is 0. The van der Waals surface area contributed by atoms with Crippen LogP contribution in [0.1, 0.15) is 60.2 Å². The average molecular weight is 615 g/mol. The fourth-order valence-electron chi connectivity index (χ4n) is 3.73. The monoisotopic (exact) mass is 614 g/mol. The molecule has 2 amide bonds. The van der Waals surface area contributed by atoms with Gasteiger partial charge in [0.15, 0.2) is 8.64 Å². The summed E-state index contributed by atoms with van der Waals surface area (Å²) in [5.41, 5.74) is 1.68. The number of ether oxygens (including phenoxy) is 2. The number of thioether (sulfide) groups is 2. The Balaban J connectivity index is 1.49. The molecule has 2 aromatic carbocycles. The molecule has 4 rings (SSSR count). The standard InChI is InChI=1S/C28H26N2O6S4/c1-3-5-15-35-25(33)17-7-11-19(12-8-17)29-23(31)21(39-27(29)37)22-24(32)30(28(38)40-22)20-13-9-18(10-14-20)26(34)36-16-6-4-2/h7-14H,3-6,15-16H2,1-2H3/b22-21+. The number of hydrogen-bond donors (Lipinski definition) is 0. The van der Waals surface area contributed by atoms with Crippen LogP contribution in [0.25, 0.3) is 0 Å². The van der Waals surface area contributed by atoms with Crippen molar-refractivity contribution in [1.29, 1.82) is 0 Å². The van der Waals surface area contributed by atoms with E-state index in [-0.39, 0.29) is 18.5 Å². The molecule has 2 saturated heterocycles. The summed E-state index contributed by atoms with van der Waals surface area (Å²) in [5, 5.41) is 0. The Hall–Kier alpha value is -3.06. The molecule has 2 fully saturated rings. The number of nitrogens with zero attached hydrogens (tertiary/aromatic N) is 2. The molecule has 12 heteroatoms. The largest absolute Gasteiger partial charge is 0.462 e. The predicted molar refractivity (Wildman–Crippen MR) is 166 cm³/mol. The number of carbonyl (C=O) groups is 4. The van der Waals surface area contributed by atoms with Crippen molar-refractivity contribution in [2.75, 3.05) is 23.0 Å². The summed E-state index contributed by atoms with van der Waals surface area (Å²) in [6.07, 6.45) is 3.40. The number of carbonyl (C=O) groups excluding carboxylic acids is 4. The van der Waals surface area contributed by atoms with Crippen LogP contribution in [0.4, 0.5) is 11.4 Å². The first-order valence-electron chi connectivity index (χ1n) is 12.7. The Labute approximate surface area is 251 Å². The third-order valence-electron chi connectivity index (χ3n) is 5.93. The van der Waals surface area contributed by atoms with Crippen LogP contribution in [0.15, 0.2) is 58.3 Å². The maximum atomic E-state index is 13.4. The van der Waals surface area contributed by atoms with E-state index in [0.29, 0.717) is 35.7 Å². The van der Waals surface area contributed by atoms with Gasteiger partial charge in [0.25, 0.3) is 11.8 Å². The molecule has 0 spiro atoms. The molecule has 2 aliphatic rings. The average Bonchev–Trinajstić information content (AvgIpc) is 3.41. The zero-order valence-electron chi connectivity index (χ0n) is 21.8. The quantitative estimate of drug-likeness (QED) is 0.132. The molecule has 208 valence electrons. The highest BCUT2D eigenvalue weighted by Gasteiger charge is 2.43. The van der Waals surface area contributed by atoms with Crippen LogP contribution in [0, 0.1) is 0 Å². The molecule has 2 aromatic rings. The van der Waals surface area contributed by atoms with Crippen molar-refractivity contribution in [3.8, 4) is 0 Å². The van der Waals surface area contributed by atoms with Crippen LogP contribution < -0.4 is 9.80 Å². The number of hydrogen-bond acceptors (Lipinski definition) is 10. The van der Waals surface area contributed by atoms with Gasteiger partial charge in [-0.2, -0.15) is 0 Å². The zero-order valence-corrected chi connectivity index (χ0v) is 25.1. The van der Waals surface area contributed by atoms with Gasteiger partial charge in [-0.15, -0.1) is 0 Å². The van der Waals surface area contributed by atoms with Gasteiger partial charge in [-0.1, -0.05) is 74.6 Å². The van der Waals surface area contributed by atoms with Crippen molar-refractivity contribution in [2.24, 2.45) is 0 Å². The van der Waals surface area contributed by atoms with Crippen molar-refractivity contribution >= 4 is 91.7 Å². The molecule has 0 saturated carbocycles. The van der Waals surface area contributed by atoms with Crippen LogP contribution in [0.5, 0.6) is 0 Å². The Kier molecular flexibility index (Phi) is 10.1. The van der Waals surface area contributed by atoms with E-state index >= 15 is 0 Å². The van der Waals surface area contributed by atoms with Crippen molar-refractivity contribution in [2.45, 2.75) is 39.5 Å². The molecule has 0 bridgehead atoms. The Morgan fingerprint density at radius 3 is 1.35 bits per heavy atom. The van der Waals surface area contributed by atoms with E-state index in [2.05, 4.69) is 0 Å². The van der Waals surface area contributed by atoms with E-state index in [0.717, 1.165) is 49.2 Å². The lowest BCUT2D eigenvalue weighted by Crippen LogP contribution is -2.29. The van der Waals surface area contributed by atoms with Gasteiger partial charge in [-0.25, -0.2) is 9.59 Å². The normalized spacial score (nSPS) is 17.1. The lowest BCUT2D eigenvalue weighted by molar-refractivity contribution is -0.115. The van der Waals surface area contributed by atoms with Crippen LogP contribution in [0.3, 0.4) is 0 Å². The molecule has 0 unspecified atom stereocenters. The zero-order chi connectivity index (χ0) is 28.8. The SMILES string of the molecule is CCCCOC(=O)c1ccc(N2C(=O)/C(=C3\SC(=S)N(c4ccc(C(=O)OCCCC)cc4)C3=O)SC2=S)cc1. The topological polar surface area (TPSA) is 93.2 Å². The lowest BCUT2D eigenvalue weighted by Gasteiger charge is -2.15. The third kappa shape index (κ3) is 6.46. The number of amides is 2. The first kappa shape index (κ1) is 29.9. The van der Waals surface area contributed by atoms with E-state index in [9.17, 15) is 19.2 Å². The molecule has 2 heterocycles. The van der Waals surface area contributed by atoms with Crippen molar-refractivity contribution in [1.82, 2.24) is 0 Å². The van der Waals surface area contributed by atoms with Crippen LogP contribution in [-0.2, 0) is 19.1 Å².